The van der Waals surface area contributed by atoms with E-state index in [-0.39, 0.29) is 18.8 Å². The molecule has 2 atom stereocenters. The van der Waals surface area contributed by atoms with Gasteiger partial charge in [-0.3, -0.25) is 4.90 Å². The number of hydrogen-bond acceptors (Lipinski definition) is 5. The normalized spacial score (nSPS) is 23.8. The van der Waals surface area contributed by atoms with Crippen LogP contribution in [0.1, 0.15) is 15.8 Å². The number of rotatable bonds is 4. The van der Waals surface area contributed by atoms with E-state index in [9.17, 15) is 0 Å². The summed E-state index contributed by atoms with van der Waals surface area (Å²) in [5, 5.41) is 9.16. The summed E-state index contributed by atoms with van der Waals surface area (Å²) in [5.41, 5.74) is 5.89. The Labute approximate surface area is 106 Å². The van der Waals surface area contributed by atoms with E-state index < -0.39 is 0 Å². The van der Waals surface area contributed by atoms with E-state index >= 15 is 0 Å². The first-order chi connectivity index (χ1) is 8.24. The molecular formula is C12H20N2O2S. The largest absolute Gasteiger partial charge is 0.394 e. The topological polar surface area (TPSA) is 58.7 Å². The SMILES string of the molecule is Cc1ccc(C(CN)N2CCOC(CO)C2)s1. The van der Waals surface area contributed by atoms with Crippen molar-refractivity contribution < 1.29 is 9.84 Å². The van der Waals surface area contributed by atoms with Crippen LogP contribution in [-0.2, 0) is 4.74 Å². The van der Waals surface area contributed by atoms with Gasteiger partial charge in [0.25, 0.3) is 0 Å². The first-order valence-corrected chi connectivity index (χ1v) is 6.79. The smallest absolute Gasteiger partial charge is 0.0933 e. The van der Waals surface area contributed by atoms with Crippen LogP contribution in [0.25, 0.3) is 0 Å². The van der Waals surface area contributed by atoms with E-state index in [1.54, 1.807) is 11.3 Å². The Morgan fingerprint density at radius 1 is 1.65 bits per heavy atom. The first-order valence-electron chi connectivity index (χ1n) is 5.97. The second-order valence-electron chi connectivity index (χ2n) is 4.37. The number of nitrogens with two attached hydrogens (primary N) is 1. The van der Waals surface area contributed by atoms with Crippen molar-refractivity contribution >= 4 is 11.3 Å². The molecule has 0 saturated carbocycles. The van der Waals surface area contributed by atoms with Gasteiger partial charge in [0.1, 0.15) is 0 Å². The lowest BCUT2D eigenvalue weighted by Gasteiger charge is -2.36. The molecule has 1 aromatic rings. The van der Waals surface area contributed by atoms with Gasteiger partial charge in [0.2, 0.25) is 0 Å². The third-order valence-electron chi connectivity index (χ3n) is 3.13. The second kappa shape index (κ2) is 5.93. The van der Waals surface area contributed by atoms with Crippen LogP contribution in [0.3, 0.4) is 0 Å². The van der Waals surface area contributed by atoms with Crippen LogP contribution in [0.2, 0.25) is 0 Å². The minimum absolute atomic E-state index is 0.0705. The molecule has 0 aliphatic carbocycles. The second-order valence-corrected chi connectivity index (χ2v) is 5.69. The number of thiophene rings is 1. The number of ether oxygens (including phenoxy) is 1. The molecule has 3 N–H and O–H groups in total. The minimum atomic E-state index is -0.0705. The van der Waals surface area contributed by atoms with Gasteiger partial charge < -0.3 is 15.6 Å². The van der Waals surface area contributed by atoms with Crippen LogP contribution in [0.4, 0.5) is 0 Å². The highest BCUT2D eigenvalue weighted by molar-refractivity contribution is 7.12. The Balaban J connectivity index is 2.07. The van der Waals surface area contributed by atoms with Gasteiger partial charge in [-0.15, -0.1) is 11.3 Å². The van der Waals surface area contributed by atoms with Crippen LogP contribution < -0.4 is 5.73 Å². The van der Waals surface area contributed by atoms with Gasteiger partial charge in [-0.2, -0.15) is 0 Å². The summed E-state index contributed by atoms with van der Waals surface area (Å²) in [5.74, 6) is 0. The molecule has 1 saturated heterocycles. The maximum atomic E-state index is 9.16. The summed E-state index contributed by atoms with van der Waals surface area (Å²) in [4.78, 5) is 4.93. The Morgan fingerprint density at radius 2 is 2.47 bits per heavy atom. The number of aryl methyl sites for hydroxylation is 1. The molecule has 0 aromatic carbocycles. The van der Waals surface area contributed by atoms with Crippen LogP contribution in [-0.4, -0.2) is 49.0 Å². The highest BCUT2D eigenvalue weighted by Gasteiger charge is 2.26. The molecule has 2 heterocycles. The Morgan fingerprint density at radius 3 is 3.06 bits per heavy atom. The van der Waals surface area contributed by atoms with E-state index in [2.05, 4.69) is 24.0 Å². The average Bonchev–Trinajstić information content (AvgIpc) is 2.77. The number of nitrogens with zero attached hydrogens (tertiary/aromatic N) is 1. The van der Waals surface area contributed by atoms with Crippen molar-refractivity contribution in [2.45, 2.75) is 19.1 Å². The molecule has 0 spiro atoms. The number of hydrogen-bond donors (Lipinski definition) is 2. The van der Waals surface area contributed by atoms with Crippen molar-refractivity contribution in [3.05, 3.63) is 21.9 Å². The van der Waals surface area contributed by atoms with Crippen molar-refractivity contribution in [2.24, 2.45) is 5.73 Å². The summed E-state index contributed by atoms with van der Waals surface area (Å²) >= 11 is 1.80. The van der Waals surface area contributed by atoms with Crippen molar-refractivity contribution in [1.29, 1.82) is 0 Å². The summed E-state index contributed by atoms with van der Waals surface area (Å²) < 4.78 is 5.46. The van der Waals surface area contributed by atoms with Gasteiger partial charge in [0.15, 0.2) is 0 Å². The summed E-state index contributed by atoms with van der Waals surface area (Å²) in [6.45, 7) is 5.11. The lowest BCUT2D eigenvalue weighted by atomic mass is 10.1. The molecule has 2 rings (SSSR count). The van der Waals surface area contributed by atoms with Gasteiger partial charge >= 0.3 is 0 Å². The van der Waals surface area contributed by atoms with E-state index in [0.717, 1.165) is 13.1 Å². The van der Waals surface area contributed by atoms with Crippen LogP contribution in [0, 0.1) is 6.92 Å². The Hall–Kier alpha value is -0.460. The van der Waals surface area contributed by atoms with Gasteiger partial charge in [0, 0.05) is 29.4 Å². The summed E-state index contributed by atoms with van der Waals surface area (Å²) in [6.07, 6.45) is -0.0705. The minimum Gasteiger partial charge on any atom is -0.394 e. The monoisotopic (exact) mass is 256 g/mol. The molecule has 17 heavy (non-hydrogen) atoms. The third-order valence-corrected chi connectivity index (χ3v) is 4.23. The number of aliphatic hydroxyl groups is 1. The third kappa shape index (κ3) is 3.05. The Kier molecular flexibility index (Phi) is 4.53. The van der Waals surface area contributed by atoms with Crippen LogP contribution in [0.5, 0.6) is 0 Å². The van der Waals surface area contributed by atoms with Crippen molar-refractivity contribution in [3.63, 3.8) is 0 Å². The van der Waals surface area contributed by atoms with Crippen LogP contribution in [0.15, 0.2) is 12.1 Å². The summed E-state index contributed by atoms with van der Waals surface area (Å²) in [6, 6.07) is 4.54. The lowest BCUT2D eigenvalue weighted by molar-refractivity contribution is -0.0639. The Bertz CT molecular complexity index is 356. The van der Waals surface area contributed by atoms with Gasteiger partial charge in [0.05, 0.1) is 25.4 Å². The molecule has 4 nitrogen and oxygen atoms in total. The lowest BCUT2D eigenvalue weighted by Crippen LogP contribution is -2.47. The molecular weight excluding hydrogens is 236 g/mol. The zero-order valence-electron chi connectivity index (χ0n) is 10.1. The molecule has 1 aliphatic rings. The highest BCUT2D eigenvalue weighted by atomic mass is 32.1. The van der Waals surface area contributed by atoms with Gasteiger partial charge in [-0.05, 0) is 19.1 Å². The predicted molar refractivity (Wildman–Crippen MR) is 69.3 cm³/mol. The molecule has 2 unspecified atom stereocenters. The standard InChI is InChI=1S/C12H20N2O2S/c1-9-2-3-12(17-9)11(6-13)14-4-5-16-10(7-14)8-15/h2-3,10-11,15H,4-8,13H2,1H3. The van der Waals surface area contributed by atoms with Crippen molar-refractivity contribution in [1.82, 2.24) is 4.90 Å². The van der Waals surface area contributed by atoms with Crippen molar-refractivity contribution in [3.8, 4) is 0 Å². The van der Waals surface area contributed by atoms with Crippen LogP contribution >= 0.6 is 11.3 Å². The molecule has 1 fully saturated rings. The van der Waals surface area contributed by atoms with Gasteiger partial charge in [-0.25, -0.2) is 0 Å². The fraction of sp³-hybridized carbons (Fsp3) is 0.667. The molecule has 5 heteroatoms. The van der Waals surface area contributed by atoms with E-state index in [1.807, 2.05) is 0 Å². The molecule has 0 bridgehead atoms. The average molecular weight is 256 g/mol. The highest BCUT2D eigenvalue weighted by Crippen LogP contribution is 2.28. The van der Waals surface area contributed by atoms with Gasteiger partial charge in [-0.1, -0.05) is 0 Å². The zero-order valence-corrected chi connectivity index (χ0v) is 10.9. The zero-order chi connectivity index (χ0) is 12.3. The molecule has 1 aromatic heterocycles. The fourth-order valence-corrected chi connectivity index (χ4v) is 3.24. The molecule has 1 aliphatic heterocycles. The fourth-order valence-electron chi connectivity index (χ4n) is 2.21. The first kappa shape index (κ1) is 13.0. The van der Waals surface area contributed by atoms with E-state index in [0.29, 0.717) is 13.2 Å². The molecule has 0 amide bonds. The maximum Gasteiger partial charge on any atom is 0.0933 e. The maximum absolute atomic E-state index is 9.16. The molecule has 96 valence electrons. The molecule has 0 radical (unpaired) electrons. The van der Waals surface area contributed by atoms with E-state index in [1.165, 1.54) is 9.75 Å². The summed E-state index contributed by atoms with van der Waals surface area (Å²) in [7, 11) is 0. The quantitative estimate of drug-likeness (QED) is 0.834. The predicted octanol–water partition coefficient (Wildman–Crippen LogP) is 0.749. The number of morpholine rings is 1. The number of aliphatic hydroxyl groups excluding tert-OH is 1. The van der Waals surface area contributed by atoms with Crippen molar-refractivity contribution in [2.75, 3.05) is 32.8 Å². The van der Waals surface area contributed by atoms with E-state index in [4.69, 9.17) is 15.6 Å².